The van der Waals surface area contributed by atoms with Gasteiger partial charge in [0.05, 0.1) is 0 Å². The molecule has 4 aromatic carbocycles. The van der Waals surface area contributed by atoms with Crippen molar-refractivity contribution < 1.29 is 0 Å². The minimum absolute atomic E-state index is 0.926. The summed E-state index contributed by atoms with van der Waals surface area (Å²) < 4.78 is 0. The van der Waals surface area contributed by atoms with Gasteiger partial charge in [-0.3, -0.25) is 0 Å². The Hall–Kier alpha value is -3.24. The van der Waals surface area contributed by atoms with E-state index in [1.54, 1.807) is 0 Å². The molecule has 0 heterocycles. The van der Waals surface area contributed by atoms with E-state index in [1.807, 2.05) is 43.4 Å². The summed E-state index contributed by atoms with van der Waals surface area (Å²) in [6.07, 6.45) is 0. The van der Waals surface area contributed by atoms with E-state index in [4.69, 9.17) is 0 Å². The van der Waals surface area contributed by atoms with Crippen LogP contribution in [0.1, 0.15) is 22.3 Å². The molecule has 0 fully saturated rings. The average Bonchev–Trinajstić information content (AvgIpc) is 2.87. The Morgan fingerprint density at radius 1 is 0.471 bits per heavy atom. The molecule has 178 valence electrons. The van der Waals surface area contributed by atoms with E-state index in [0.29, 0.717) is 0 Å². The van der Waals surface area contributed by atoms with Gasteiger partial charge in [-0.2, -0.15) is 0 Å². The number of rotatable bonds is 8. The van der Waals surface area contributed by atoms with Gasteiger partial charge in [0.15, 0.2) is 0 Å². The lowest BCUT2D eigenvalue weighted by atomic mass is 10.2. The Kier molecular flexibility index (Phi) is 13.7. The van der Waals surface area contributed by atoms with Crippen LogP contribution in [0.2, 0.25) is 0 Å². The van der Waals surface area contributed by atoms with E-state index >= 15 is 0 Å². The third-order valence-electron chi connectivity index (χ3n) is 4.91. The molecule has 0 unspecified atom stereocenters. The van der Waals surface area contributed by atoms with Crippen molar-refractivity contribution >= 4 is 0 Å². The van der Waals surface area contributed by atoms with Gasteiger partial charge in [0, 0.05) is 26.2 Å². The van der Waals surface area contributed by atoms with E-state index in [9.17, 15) is 0 Å². The molecule has 0 spiro atoms. The molecule has 4 aromatic rings. The predicted molar refractivity (Wildman–Crippen MR) is 146 cm³/mol. The lowest BCUT2D eigenvalue weighted by Gasteiger charge is -2.08. The summed E-state index contributed by atoms with van der Waals surface area (Å²) in [5.41, 5.74) is 5.36. The maximum Gasteiger partial charge on any atom is 0.0227 e. The molecule has 4 rings (SSSR count). The molecule has 0 radical (unpaired) electrons. The number of hydrogen-bond donors (Lipinski definition) is 2. The Bertz CT molecular complexity index is 933. The molecule has 3 heteroatoms. The van der Waals surface area contributed by atoms with Gasteiger partial charge in [0.2, 0.25) is 0 Å². The third-order valence-corrected chi connectivity index (χ3v) is 4.91. The number of nitrogens with zero attached hydrogens (tertiary/aromatic N) is 1. The summed E-state index contributed by atoms with van der Waals surface area (Å²) in [5, 5.41) is 6.50. The lowest BCUT2D eigenvalue weighted by Crippen LogP contribution is -2.12. The van der Waals surface area contributed by atoms with Crippen LogP contribution in [0.15, 0.2) is 121 Å². The highest BCUT2D eigenvalue weighted by molar-refractivity contribution is 5.17. The maximum absolute atomic E-state index is 3.42. The highest BCUT2D eigenvalue weighted by atomic mass is 15.0. The van der Waals surface area contributed by atoms with E-state index in [1.165, 1.54) is 22.3 Å². The van der Waals surface area contributed by atoms with Crippen molar-refractivity contribution in [2.24, 2.45) is 0 Å². The first-order chi connectivity index (χ1) is 16.7. The summed E-state index contributed by atoms with van der Waals surface area (Å²) in [6.45, 7) is 3.84. The second-order valence-electron chi connectivity index (χ2n) is 8.31. The molecule has 0 aliphatic rings. The zero-order chi connectivity index (χ0) is 24.3. The van der Waals surface area contributed by atoms with Gasteiger partial charge >= 0.3 is 0 Å². The van der Waals surface area contributed by atoms with Gasteiger partial charge < -0.3 is 15.5 Å². The molecule has 0 saturated heterocycles. The molecule has 0 aliphatic carbocycles. The SMILES string of the molecule is CN(C)Cc1ccccc1.CNCc1ccccc1.c1ccc(CNCc2ccccc2)cc1. The fourth-order valence-corrected chi connectivity index (χ4v) is 3.29. The van der Waals surface area contributed by atoms with Crippen molar-refractivity contribution in [3.05, 3.63) is 144 Å². The number of benzene rings is 4. The Balaban J connectivity index is 0.000000189. The van der Waals surface area contributed by atoms with Gasteiger partial charge in [-0.25, -0.2) is 0 Å². The highest BCUT2D eigenvalue weighted by Crippen LogP contribution is 2.01. The standard InChI is InChI=1S/C14H15N.C9H13N.C8H11N/c1-3-7-13(8-4-1)11-15-12-14-9-5-2-6-10-14;1-10(2)8-9-6-4-3-5-7-9;1-9-7-8-5-3-2-4-6-8/h1-10,15H,11-12H2;3-7H,8H2,1-2H3;2-6,9H,7H2,1H3. The molecule has 0 bridgehead atoms. The van der Waals surface area contributed by atoms with Gasteiger partial charge in [-0.05, 0) is 43.4 Å². The summed E-state index contributed by atoms with van der Waals surface area (Å²) in [4.78, 5) is 2.16. The summed E-state index contributed by atoms with van der Waals surface area (Å²) in [6, 6.07) is 41.7. The Morgan fingerprint density at radius 3 is 1.12 bits per heavy atom. The van der Waals surface area contributed by atoms with Crippen molar-refractivity contribution in [2.45, 2.75) is 26.2 Å². The molecule has 2 N–H and O–H groups in total. The van der Waals surface area contributed by atoms with Crippen LogP contribution in [-0.2, 0) is 26.2 Å². The quantitative estimate of drug-likeness (QED) is 0.336. The fourth-order valence-electron chi connectivity index (χ4n) is 3.29. The van der Waals surface area contributed by atoms with E-state index in [0.717, 1.165) is 26.2 Å². The normalized spacial score (nSPS) is 10.0. The predicted octanol–water partition coefficient (Wildman–Crippen LogP) is 6.13. The molecule has 0 amide bonds. The first-order valence-electron chi connectivity index (χ1n) is 11.8. The fraction of sp³-hybridized carbons (Fsp3) is 0.226. The molecule has 0 atom stereocenters. The van der Waals surface area contributed by atoms with E-state index in [-0.39, 0.29) is 0 Å². The Labute approximate surface area is 206 Å². The van der Waals surface area contributed by atoms with Crippen LogP contribution >= 0.6 is 0 Å². The molecule has 3 nitrogen and oxygen atoms in total. The minimum Gasteiger partial charge on any atom is -0.316 e. The first kappa shape index (κ1) is 27.0. The van der Waals surface area contributed by atoms with Crippen LogP contribution in [-0.4, -0.2) is 26.0 Å². The minimum atomic E-state index is 0.926. The van der Waals surface area contributed by atoms with E-state index in [2.05, 4.69) is 115 Å². The van der Waals surface area contributed by atoms with Gasteiger partial charge in [0.1, 0.15) is 0 Å². The van der Waals surface area contributed by atoms with Crippen LogP contribution in [0.4, 0.5) is 0 Å². The smallest absolute Gasteiger partial charge is 0.0227 e. The summed E-state index contributed by atoms with van der Waals surface area (Å²) >= 11 is 0. The molecular weight excluding hydrogens is 414 g/mol. The number of hydrogen-bond acceptors (Lipinski definition) is 3. The maximum atomic E-state index is 3.42. The molecule has 0 saturated carbocycles. The topological polar surface area (TPSA) is 27.3 Å². The number of nitrogens with one attached hydrogen (secondary N) is 2. The molecule has 0 aliphatic heterocycles. The van der Waals surface area contributed by atoms with Crippen molar-refractivity contribution in [1.82, 2.24) is 15.5 Å². The van der Waals surface area contributed by atoms with E-state index < -0.39 is 0 Å². The largest absolute Gasteiger partial charge is 0.316 e. The Morgan fingerprint density at radius 2 is 0.794 bits per heavy atom. The monoisotopic (exact) mass is 453 g/mol. The molecule has 0 aromatic heterocycles. The van der Waals surface area contributed by atoms with Crippen molar-refractivity contribution in [3.63, 3.8) is 0 Å². The van der Waals surface area contributed by atoms with Crippen molar-refractivity contribution in [2.75, 3.05) is 21.1 Å². The zero-order valence-electron chi connectivity index (χ0n) is 20.8. The zero-order valence-corrected chi connectivity index (χ0v) is 20.8. The molecular formula is C31H39N3. The highest BCUT2D eigenvalue weighted by Gasteiger charge is 1.92. The summed E-state index contributed by atoms with van der Waals surface area (Å²) in [7, 11) is 6.10. The molecule has 34 heavy (non-hydrogen) atoms. The first-order valence-corrected chi connectivity index (χ1v) is 11.8. The van der Waals surface area contributed by atoms with Gasteiger partial charge in [-0.1, -0.05) is 121 Å². The summed E-state index contributed by atoms with van der Waals surface area (Å²) in [5.74, 6) is 0. The van der Waals surface area contributed by atoms with Crippen LogP contribution in [0.5, 0.6) is 0 Å². The average molecular weight is 454 g/mol. The second kappa shape index (κ2) is 17.3. The van der Waals surface area contributed by atoms with Crippen molar-refractivity contribution in [3.8, 4) is 0 Å². The van der Waals surface area contributed by atoms with Gasteiger partial charge in [0.25, 0.3) is 0 Å². The van der Waals surface area contributed by atoms with Crippen molar-refractivity contribution in [1.29, 1.82) is 0 Å². The lowest BCUT2D eigenvalue weighted by molar-refractivity contribution is 0.402. The van der Waals surface area contributed by atoms with Gasteiger partial charge in [-0.15, -0.1) is 0 Å². The van der Waals surface area contributed by atoms with Crippen LogP contribution in [0.25, 0.3) is 0 Å². The third kappa shape index (κ3) is 12.7. The van der Waals surface area contributed by atoms with Crippen LogP contribution in [0.3, 0.4) is 0 Å². The van der Waals surface area contributed by atoms with Crippen LogP contribution < -0.4 is 10.6 Å². The second-order valence-corrected chi connectivity index (χ2v) is 8.31. The van der Waals surface area contributed by atoms with Crippen LogP contribution in [0, 0.1) is 0 Å².